The zero-order valence-corrected chi connectivity index (χ0v) is 17.3. The molecule has 0 radical (unpaired) electrons. The Kier molecular flexibility index (Phi) is 5.34. The number of benzene rings is 2. The van der Waals surface area contributed by atoms with Crippen molar-refractivity contribution in [1.29, 1.82) is 5.26 Å². The minimum atomic E-state index is -0.488. The standard InChI is InChI=1S/C23H23N5O2/c1-27(2)18-8-9-28(14-18)22-21(25-19-6-4-5-7-20(19)26-22)16-10-15(13-24)11-17(12-16)23(29)30-3/h4-7,10-12,18H,8-9,14H2,1-3H3. The van der Waals surface area contributed by atoms with Gasteiger partial charge in [0.1, 0.15) is 5.69 Å². The second kappa shape index (κ2) is 8.09. The maximum Gasteiger partial charge on any atom is 0.337 e. The van der Waals surface area contributed by atoms with Crippen molar-refractivity contribution in [3.63, 3.8) is 0 Å². The molecule has 1 unspecified atom stereocenters. The number of carbonyl (C=O) groups excluding carboxylic acids is 1. The van der Waals surface area contributed by atoms with Gasteiger partial charge >= 0.3 is 5.97 Å². The molecule has 0 aliphatic carbocycles. The molecule has 0 spiro atoms. The molecule has 30 heavy (non-hydrogen) atoms. The van der Waals surface area contributed by atoms with Gasteiger partial charge in [0, 0.05) is 24.7 Å². The molecule has 0 saturated carbocycles. The predicted octanol–water partition coefficient (Wildman–Crippen LogP) is 3.10. The molecule has 1 atom stereocenters. The summed E-state index contributed by atoms with van der Waals surface area (Å²) in [6.07, 6.45) is 1.03. The number of methoxy groups -OCH3 is 1. The molecule has 0 N–H and O–H groups in total. The van der Waals surface area contributed by atoms with Gasteiger partial charge in [-0.1, -0.05) is 12.1 Å². The number of aromatic nitrogens is 2. The maximum absolute atomic E-state index is 12.2. The molecule has 1 aliphatic heterocycles. The molecule has 0 amide bonds. The van der Waals surface area contributed by atoms with E-state index >= 15 is 0 Å². The van der Waals surface area contributed by atoms with Crippen LogP contribution >= 0.6 is 0 Å². The summed E-state index contributed by atoms with van der Waals surface area (Å²) in [4.78, 5) is 26.4. The fraction of sp³-hybridized carbons (Fsp3) is 0.304. The minimum absolute atomic E-state index is 0.319. The van der Waals surface area contributed by atoms with Crippen LogP contribution in [0.1, 0.15) is 22.3 Å². The Morgan fingerprint density at radius 2 is 1.93 bits per heavy atom. The van der Waals surface area contributed by atoms with E-state index < -0.39 is 5.97 Å². The topological polar surface area (TPSA) is 82.3 Å². The zero-order chi connectivity index (χ0) is 21.3. The van der Waals surface area contributed by atoms with E-state index in [2.05, 4.69) is 30.0 Å². The molecule has 3 aromatic rings. The van der Waals surface area contributed by atoms with Crippen LogP contribution in [0.25, 0.3) is 22.3 Å². The molecule has 7 nitrogen and oxygen atoms in total. The number of hydrogen-bond acceptors (Lipinski definition) is 7. The van der Waals surface area contributed by atoms with Crippen LogP contribution in [-0.2, 0) is 4.74 Å². The normalized spacial score (nSPS) is 16.1. The van der Waals surface area contributed by atoms with Crippen molar-refractivity contribution in [2.45, 2.75) is 12.5 Å². The van der Waals surface area contributed by atoms with Gasteiger partial charge in [-0.2, -0.15) is 5.26 Å². The smallest absolute Gasteiger partial charge is 0.337 e. The third kappa shape index (κ3) is 3.70. The first-order valence-corrected chi connectivity index (χ1v) is 9.82. The highest BCUT2D eigenvalue weighted by atomic mass is 16.5. The summed E-state index contributed by atoms with van der Waals surface area (Å²) in [5, 5.41) is 9.48. The Morgan fingerprint density at radius 1 is 1.20 bits per heavy atom. The van der Waals surface area contributed by atoms with E-state index in [1.54, 1.807) is 12.1 Å². The predicted molar refractivity (Wildman–Crippen MR) is 115 cm³/mol. The molecule has 1 fully saturated rings. The Morgan fingerprint density at radius 3 is 2.57 bits per heavy atom. The number of para-hydroxylation sites is 2. The van der Waals surface area contributed by atoms with Crippen LogP contribution in [0.4, 0.5) is 5.82 Å². The first-order valence-electron chi connectivity index (χ1n) is 9.82. The van der Waals surface area contributed by atoms with Gasteiger partial charge in [-0.05, 0) is 50.8 Å². The third-order valence-electron chi connectivity index (χ3n) is 5.50. The average Bonchev–Trinajstić information content (AvgIpc) is 3.28. The first-order chi connectivity index (χ1) is 14.5. The van der Waals surface area contributed by atoms with Crippen molar-refractivity contribution in [1.82, 2.24) is 14.9 Å². The van der Waals surface area contributed by atoms with Gasteiger partial charge in [0.25, 0.3) is 0 Å². The van der Waals surface area contributed by atoms with E-state index in [1.807, 2.05) is 24.3 Å². The third-order valence-corrected chi connectivity index (χ3v) is 5.50. The van der Waals surface area contributed by atoms with Gasteiger partial charge in [-0.25, -0.2) is 14.8 Å². The lowest BCUT2D eigenvalue weighted by atomic mass is 10.0. The molecule has 7 heteroatoms. The maximum atomic E-state index is 12.2. The molecule has 2 aromatic carbocycles. The molecule has 4 rings (SSSR count). The van der Waals surface area contributed by atoms with Crippen LogP contribution in [0.5, 0.6) is 0 Å². The Bertz CT molecular complexity index is 1150. The molecule has 1 aliphatic rings. The fourth-order valence-corrected chi connectivity index (χ4v) is 3.83. The number of likely N-dealkylation sites (N-methyl/N-ethyl adjacent to an activating group) is 1. The quantitative estimate of drug-likeness (QED) is 0.621. The summed E-state index contributed by atoms with van der Waals surface area (Å²) in [5.74, 6) is 0.279. The monoisotopic (exact) mass is 401 g/mol. The van der Waals surface area contributed by atoms with Gasteiger partial charge in [-0.15, -0.1) is 0 Å². The van der Waals surface area contributed by atoms with Gasteiger partial charge in [-0.3, -0.25) is 0 Å². The zero-order valence-electron chi connectivity index (χ0n) is 17.3. The van der Waals surface area contributed by atoms with Crippen molar-refractivity contribution in [2.75, 3.05) is 39.2 Å². The van der Waals surface area contributed by atoms with Crippen LogP contribution in [0, 0.1) is 11.3 Å². The van der Waals surface area contributed by atoms with Crippen molar-refractivity contribution >= 4 is 22.8 Å². The number of nitrogens with zero attached hydrogens (tertiary/aromatic N) is 5. The molecule has 2 heterocycles. The lowest BCUT2D eigenvalue weighted by Gasteiger charge is -2.23. The van der Waals surface area contributed by atoms with Crippen LogP contribution in [0.3, 0.4) is 0 Å². The summed E-state index contributed by atoms with van der Waals surface area (Å²) in [6, 6.07) is 15.3. The summed E-state index contributed by atoms with van der Waals surface area (Å²) in [5.41, 5.74) is 3.61. The SMILES string of the molecule is COC(=O)c1cc(C#N)cc(-c2nc3ccccc3nc2N2CCC(N(C)C)C2)c1. The van der Waals surface area contributed by atoms with E-state index in [0.717, 1.165) is 36.4 Å². The van der Waals surface area contributed by atoms with E-state index in [9.17, 15) is 10.1 Å². The van der Waals surface area contributed by atoms with E-state index in [0.29, 0.717) is 28.4 Å². The summed E-state index contributed by atoms with van der Waals surface area (Å²) in [6.45, 7) is 1.71. The number of esters is 1. The molecule has 152 valence electrons. The van der Waals surface area contributed by atoms with Crippen LogP contribution in [0.15, 0.2) is 42.5 Å². The number of rotatable bonds is 4. The molecule has 0 bridgehead atoms. The van der Waals surface area contributed by atoms with Crippen molar-refractivity contribution in [2.24, 2.45) is 0 Å². The summed E-state index contributed by atoms with van der Waals surface area (Å²) < 4.78 is 4.87. The Labute approximate surface area is 175 Å². The number of carbonyl (C=O) groups is 1. The van der Waals surface area contributed by atoms with Crippen molar-refractivity contribution in [3.8, 4) is 17.3 Å². The van der Waals surface area contributed by atoms with E-state index in [1.165, 1.54) is 13.2 Å². The van der Waals surface area contributed by atoms with E-state index in [-0.39, 0.29) is 0 Å². The summed E-state index contributed by atoms with van der Waals surface area (Å²) in [7, 11) is 5.49. The van der Waals surface area contributed by atoms with Gasteiger partial charge in [0.2, 0.25) is 0 Å². The molecule has 1 saturated heterocycles. The van der Waals surface area contributed by atoms with Gasteiger partial charge < -0.3 is 14.5 Å². The lowest BCUT2D eigenvalue weighted by Crippen LogP contribution is -2.32. The molecule has 1 aromatic heterocycles. The number of fused-ring (bicyclic) bond motifs is 1. The van der Waals surface area contributed by atoms with E-state index in [4.69, 9.17) is 14.7 Å². The average molecular weight is 401 g/mol. The van der Waals surface area contributed by atoms with Crippen LogP contribution in [0.2, 0.25) is 0 Å². The van der Waals surface area contributed by atoms with Crippen molar-refractivity contribution in [3.05, 3.63) is 53.6 Å². The highest BCUT2D eigenvalue weighted by Gasteiger charge is 2.28. The number of anilines is 1. The lowest BCUT2D eigenvalue weighted by molar-refractivity contribution is 0.0600. The molecular weight excluding hydrogens is 378 g/mol. The number of ether oxygens (including phenoxy) is 1. The van der Waals surface area contributed by atoms with Crippen molar-refractivity contribution < 1.29 is 9.53 Å². The van der Waals surface area contributed by atoms with Crippen LogP contribution < -0.4 is 4.90 Å². The number of hydrogen-bond donors (Lipinski definition) is 0. The van der Waals surface area contributed by atoms with Gasteiger partial charge in [0.15, 0.2) is 5.82 Å². The largest absolute Gasteiger partial charge is 0.465 e. The van der Waals surface area contributed by atoms with Gasteiger partial charge in [0.05, 0.1) is 35.3 Å². The summed E-state index contributed by atoms with van der Waals surface area (Å²) >= 11 is 0. The minimum Gasteiger partial charge on any atom is -0.465 e. The Balaban J connectivity index is 1.90. The molecular formula is C23H23N5O2. The second-order valence-corrected chi connectivity index (χ2v) is 7.64. The second-order valence-electron chi connectivity index (χ2n) is 7.64. The highest BCUT2D eigenvalue weighted by molar-refractivity contribution is 5.93. The fourth-order valence-electron chi connectivity index (χ4n) is 3.83. The highest BCUT2D eigenvalue weighted by Crippen LogP contribution is 2.33. The van der Waals surface area contributed by atoms with Crippen LogP contribution in [-0.4, -0.2) is 61.2 Å². The number of nitriles is 1. The Hall–Kier alpha value is -3.50. The first kappa shape index (κ1) is 19.8.